The van der Waals surface area contributed by atoms with E-state index in [9.17, 15) is 0 Å². The average molecular weight is 482 g/mol. The fraction of sp³-hybridized carbons (Fsp3) is 0.323. The van der Waals surface area contributed by atoms with Crippen LogP contribution in [0.15, 0.2) is 91.5 Å². The minimum absolute atomic E-state index is 0.297. The number of hydrogen-bond donors (Lipinski definition) is 0. The minimum Gasteiger partial charge on any atom is -0.454 e. The summed E-state index contributed by atoms with van der Waals surface area (Å²) in [5.41, 5.74) is 4.91. The summed E-state index contributed by atoms with van der Waals surface area (Å²) in [6, 6.07) is 26.2. The number of imidazole rings is 1. The predicted molar refractivity (Wildman–Crippen MR) is 143 cm³/mol. The average Bonchev–Trinajstić information content (AvgIpc) is 3.60. The number of fused-ring (bicyclic) bond motifs is 1. The van der Waals surface area contributed by atoms with Crippen LogP contribution in [0.4, 0.5) is 0 Å². The number of hydrogen-bond acceptors (Lipinski definition) is 4. The largest absolute Gasteiger partial charge is 0.454 e. The van der Waals surface area contributed by atoms with Crippen LogP contribution in [0, 0.1) is 6.92 Å². The van der Waals surface area contributed by atoms with Gasteiger partial charge in [0, 0.05) is 18.9 Å². The lowest BCUT2D eigenvalue weighted by molar-refractivity contribution is 0.0738. The van der Waals surface area contributed by atoms with Crippen molar-refractivity contribution in [1.29, 1.82) is 0 Å². The lowest BCUT2D eigenvalue weighted by Crippen LogP contribution is -2.49. The zero-order chi connectivity index (χ0) is 24.8. The molecule has 0 N–H and O–H groups in total. The molecule has 0 aliphatic carbocycles. The number of benzene rings is 3. The van der Waals surface area contributed by atoms with Gasteiger partial charge < -0.3 is 14.0 Å². The molecule has 3 aromatic carbocycles. The van der Waals surface area contributed by atoms with E-state index in [1.807, 2.05) is 18.6 Å². The van der Waals surface area contributed by atoms with Crippen molar-refractivity contribution in [3.63, 3.8) is 0 Å². The maximum absolute atomic E-state index is 5.69. The summed E-state index contributed by atoms with van der Waals surface area (Å²) in [5.74, 6) is 1.67. The van der Waals surface area contributed by atoms with Crippen molar-refractivity contribution in [2.75, 3.05) is 13.3 Å². The Balaban J connectivity index is 1.63. The molecule has 1 aliphatic rings. The fourth-order valence-electron chi connectivity index (χ4n) is 5.42. The van der Waals surface area contributed by atoms with Gasteiger partial charge in [0.1, 0.15) is 0 Å². The molecule has 1 atom stereocenters. The predicted octanol–water partition coefficient (Wildman–Crippen LogP) is 6.56. The Morgan fingerprint density at radius 3 is 2.56 bits per heavy atom. The van der Waals surface area contributed by atoms with Crippen molar-refractivity contribution in [3.8, 4) is 11.5 Å². The summed E-state index contributed by atoms with van der Waals surface area (Å²) in [7, 11) is 0. The van der Waals surface area contributed by atoms with Crippen LogP contribution in [-0.4, -0.2) is 27.8 Å². The zero-order valence-corrected chi connectivity index (χ0v) is 21.3. The summed E-state index contributed by atoms with van der Waals surface area (Å²) in [6.07, 6.45) is 9.95. The summed E-state index contributed by atoms with van der Waals surface area (Å²) in [5, 5.41) is 0. The van der Waals surface area contributed by atoms with E-state index in [1.54, 1.807) is 0 Å². The highest BCUT2D eigenvalue weighted by atomic mass is 16.7. The molecule has 0 bridgehead atoms. The fourth-order valence-corrected chi connectivity index (χ4v) is 5.42. The van der Waals surface area contributed by atoms with E-state index < -0.39 is 0 Å². The molecule has 0 amide bonds. The topological polar surface area (TPSA) is 39.5 Å². The van der Waals surface area contributed by atoms with Gasteiger partial charge in [-0.15, -0.1) is 0 Å². The van der Waals surface area contributed by atoms with Crippen LogP contribution in [0.5, 0.6) is 11.5 Å². The molecule has 5 heteroatoms. The van der Waals surface area contributed by atoms with E-state index >= 15 is 0 Å². The Morgan fingerprint density at radius 2 is 1.78 bits per heavy atom. The van der Waals surface area contributed by atoms with Gasteiger partial charge in [0.2, 0.25) is 6.79 Å². The van der Waals surface area contributed by atoms with Crippen LogP contribution in [0.1, 0.15) is 48.4 Å². The number of rotatable bonds is 11. The molecule has 5 nitrogen and oxygen atoms in total. The number of ether oxygens (including phenoxy) is 2. The maximum Gasteiger partial charge on any atom is 0.231 e. The van der Waals surface area contributed by atoms with E-state index in [1.165, 1.54) is 22.3 Å². The second kappa shape index (κ2) is 11.0. The molecule has 186 valence electrons. The first-order chi connectivity index (χ1) is 17.7. The molecule has 0 fully saturated rings. The van der Waals surface area contributed by atoms with Crippen LogP contribution in [0.2, 0.25) is 0 Å². The molecule has 0 saturated carbocycles. The Labute approximate surface area is 214 Å². The van der Waals surface area contributed by atoms with E-state index in [-0.39, 0.29) is 5.54 Å². The molecular formula is C31H35N3O2. The van der Waals surface area contributed by atoms with Crippen molar-refractivity contribution in [3.05, 3.63) is 114 Å². The van der Waals surface area contributed by atoms with Gasteiger partial charge in [0.15, 0.2) is 11.5 Å². The van der Waals surface area contributed by atoms with Gasteiger partial charge in [0.25, 0.3) is 0 Å². The smallest absolute Gasteiger partial charge is 0.231 e. The van der Waals surface area contributed by atoms with E-state index in [2.05, 4.69) is 101 Å². The van der Waals surface area contributed by atoms with Gasteiger partial charge in [-0.25, -0.2) is 4.98 Å². The molecule has 5 rings (SSSR count). The van der Waals surface area contributed by atoms with Crippen LogP contribution >= 0.6 is 0 Å². The number of nitrogens with zero attached hydrogens (tertiary/aromatic N) is 3. The summed E-state index contributed by atoms with van der Waals surface area (Å²) in [6.45, 7) is 6.55. The molecule has 1 aliphatic heterocycles. The molecule has 0 saturated heterocycles. The molecule has 1 unspecified atom stereocenters. The number of unbranched alkanes of at least 4 members (excludes halogenated alkanes) is 1. The Bertz CT molecular complexity index is 1260. The van der Waals surface area contributed by atoms with Crippen molar-refractivity contribution in [2.24, 2.45) is 0 Å². The quantitative estimate of drug-likeness (QED) is 0.243. The van der Waals surface area contributed by atoms with Crippen molar-refractivity contribution in [1.82, 2.24) is 14.5 Å². The lowest BCUT2D eigenvalue weighted by Gasteiger charge is -2.46. The van der Waals surface area contributed by atoms with Gasteiger partial charge >= 0.3 is 0 Å². The minimum atomic E-state index is -0.317. The van der Waals surface area contributed by atoms with Crippen molar-refractivity contribution in [2.45, 2.75) is 51.7 Å². The second-order valence-electron chi connectivity index (χ2n) is 9.56. The van der Waals surface area contributed by atoms with Gasteiger partial charge in [0.05, 0.1) is 18.5 Å². The van der Waals surface area contributed by atoms with E-state index in [4.69, 9.17) is 9.47 Å². The van der Waals surface area contributed by atoms with E-state index in [0.717, 1.165) is 50.4 Å². The molecular weight excluding hydrogens is 446 g/mol. The second-order valence-corrected chi connectivity index (χ2v) is 9.56. The lowest BCUT2D eigenvalue weighted by atomic mass is 9.75. The molecule has 4 aromatic rings. The Kier molecular flexibility index (Phi) is 7.38. The highest BCUT2D eigenvalue weighted by Crippen LogP contribution is 2.43. The summed E-state index contributed by atoms with van der Waals surface area (Å²) in [4.78, 5) is 6.99. The van der Waals surface area contributed by atoms with Crippen LogP contribution in [-0.2, 0) is 18.6 Å². The monoisotopic (exact) mass is 481 g/mol. The van der Waals surface area contributed by atoms with Crippen molar-refractivity contribution < 1.29 is 9.47 Å². The first-order valence-corrected chi connectivity index (χ1v) is 12.9. The molecule has 1 aromatic heterocycles. The number of aromatic nitrogens is 2. The molecule has 36 heavy (non-hydrogen) atoms. The van der Waals surface area contributed by atoms with Gasteiger partial charge in [-0.05, 0) is 60.6 Å². The van der Waals surface area contributed by atoms with E-state index in [0.29, 0.717) is 6.79 Å². The first-order valence-electron chi connectivity index (χ1n) is 12.9. The highest BCUT2D eigenvalue weighted by Gasteiger charge is 2.41. The standard InChI is InChI=1S/C31H35N3O2/c1-3-4-19-34(23-33-20-18-32-22-33)31(27-11-6-5-7-12-27,28-13-9-8-10-25(28)2)17-16-26-14-15-29-30(21-26)36-24-35-29/h5-15,18,20-22H,3-4,16-17,19,23-24H2,1-2H3. The highest BCUT2D eigenvalue weighted by molar-refractivity contribution is 5.46. The third kappa shape index (κ3) is 4.89. The summed E-state index contributed by atoms with van der Waals surface area (Å²) < 4.78 is 13.4. The third-order valence-corrected chi connectivity index (χ3v) is 7.27. The SMILES string of the molecule is CCCCN(Cn1ccnc1)C(CCc1ccc2c(c1)OCO2)(c1ccccc1)c1ccccc1C. The normalized spacial score (nSPS) is 14.2. The van der Waals surface area contributed by atoms with Crippen LogP contribution in [0.3, 0.4) is 0 Å². The Hall–Kier alpha value is -3.57. The zero-order valence-electron chi connectivity index (χ0n) is 21.3. The molecule has 0 radical (unpaired) electrons. The number of aryl methyl sites for hydroxylation is 2. The van der Waals surface area contributed by atoms with Crippen molar-refractivity contribution >= 4 is 0 Å². The van der Waals surface area contributed by atoms with Crippen LogP contribution < -0.4 is 9.47 Å². The van der Waals surface area contributed by atoms with Gasteiger partial charge in [-0.2, -0.15) is 0 Å². The van der Waals surface area contributed by atoms with Gasteiger partial charge in [-0.3, -0.25) is 4.90 Å². The first kappa shape index (κ1) is 24.1. The third-order valence-electron chi connectivity index (χ3n) is 7.27. The molecule has 2 heterocycles. The maximum atomic E-state index is 5.69. The summed E-state index contributed by atoms with van der Waals surface area (Å²) >= 11 is 0. The molecule has 0 spiro atoms. The Morgan fingerprint density at radius 1 is 0.972 bits per heavy atom. The van der Waals surface area contributed by atoms with Crippen LogP contribution in [0.25, 0.3) is 0 Å². The van der Waals surface area contributed by atoms with Gasteiger partial charge in [-0.1, -0.05) is 74.0 Å².